The first kappa shape index (κ1) is 14.4. The van der Waals surface area contributed by atoms with Crippen molar-refractivity contribution < 1.29 is 5.11 Å². The van der Waals surface area contributed by atoms with Gasteiger partial charge in [0.25, 0.3) is 0 Å². The number of hydrogen-bond acceptors (Lipinski definition) is 4. The number of nitrogens with zero attached hydrogens (tertiary/aromatic N) is 3. The van der Waals surface area contributed by atoms with Gasteiger partial charge in [-0.3, -0.25) is 0 Å². The van der Waals surface area contributed by atoms with Crippen LogP contribution < -0.4 is 10.2 Å². The van der Waals surface area contributed by atoms with Crippen LogP contribution >= 0.6 is 0 Å². The third-order valence-corrected chi connectivity index (χ3v) is 4.12. The van der Waals surface area contributed by atoms with Gasteiger partial charge in [-0.2, -0.15) is 0 Å². The Morgan fingerprint density at radius 2 is 2.29 bits per heavy atom. The molecule has 0 bridgehead atoms. The number of aliphatic hydroxyl groups is 1. The van der Waals surface area contributed by atoms with Gasteiger partial charge in [-0.15, -0.1) is 0 Å². The number of fused-ring (bicyclic) bond motifs is 1. The number of pyridine rings is 1. The Balaban J connectivity index is 2.00. The van der Waals surface area contributed by atoms with Crippen LogP contribution in [0.2, 0.25) is 0 Å². The van der Waals surface area contributed by atoms with Gasteiger partial charge in [0.05, 0.1) is 11.3 Å². The fraction of sp³-hybridized carbons (Fsp3) is 0.562. The molecule has 1 aliphatic rings. The summed E-state index contributed by atoms with van der Waals surface area (Å²) in [4.78, 5) is 7.02. The molecule has 2 N–H and O–H groups in total. The molecule has 0 spiro atoms. The topological polar surface area (TPSA) is 52.8 Å². The molecule has 1 atom stereocenters. The van der Waals surface area contributed by atoms with Crippen molar-refractivity contribution in [3.8, 4) is 0 Å². The van der Waals surface area contributed by atoms with E-state index < -0.39 is 5.60 Å². The van der Waals surface area contributed by atoms with E-state index in [9.17, 15) is 5.11 Å². The molecule has 0 radical (unpaired) electrons. The lowest BCUT2D eigenvalue weighted by molar-refractivity contribution is 0.0447. The predicted molar refractivity (Wildman–Crippen MR) is 84.6 cm³/mol. The fourth-order valence-corrected chi connectivity index (χ4v) is 3.10. The van der Waals surface area contributed by atoms with E-state index in [2.05, 4.69) is 27.7 Å². The molecule has 3 heterocycles. The zero-order chi connectivity index (χ0) is 14.9. The van der Waals surface area contributed by atoms with Crippen LogP contribution in [0.25, 0.3) is 5.65 Å². The van der Waals surface area contributed by atoms with Crippen LogP contribution in [-0.2, 0) is 6.54 Å². The molecule has 5 nitrogen and oxygen atoms in total. The van der Waals surface area contributed by atoms with E-state index in [1.165, 1.54) is 5.69 Å². The van der Waals surface area contributed by atoms with Crippen LogP contribution in [0.15, 0.2) is 24.4 Å². The number of aromatic nitrogens is 2. The average molecular weight is 288 g/mol. The standard InChI is InChI=1S/C16H24N4O/c1-3-17-11-13-15(18-14-7-4-5-10-20(13)14)19-9-6-8-16(2,21)12-19/h4-5,7,10,17,21H,3,6,8-9,11-12H2,1-2H3. The highest BCUT2D eigenvalue weighted by atomic mass is 16.3. The minimum Gasteiger partial charge on any atom is -0.388 e. The van der Waals surface area contributed by atoms with Gasteiger partial charge in [-0.05, 0) is 38.4 Å². The first-order valence-electron chi connectivity index (χ1n) is 7.75. The normalized spacial score (nSPS) is 22.9. The highest BCUT2D eigenvalue weighted by Crippen LogP contribution is 2.28. The molecule has 2 aromatic rings. The van der Waals surface area contributed by atoms with E-state index in [0.29, 0.717) is 6.54 Å². The summed E-state index contributed by atoms with van der Waals surface area (Å²) in [5.74, 6) is 1.00. The summed E-state index contributed by atoms with van der Waals surface area (Å²) >= 11 is 0. The summed E-state index contributed by atoms with van der Waals surface area (Å²) in [6, 6.07) is 6.07. The van der Waals surface area contributed by atoms with Crippen LogP contribution in [0.1, 0.15) is 32.4 Å². The number of β-amino-alcohol motifs (C(OH)–C–C–N with tert-alkyl or cyclic N) is 1. The van der Waals surface area contributed by atoms with Crippen molar-refractivity contribution >= 4 is 11.5 Å². The molecule has 1 saturated heterocycles. The van der Waals surface area contributed by atoms with Crippen molar-refractivity contribution in [3.63, 3.8) is 0 Å². The van der Waals surface area contributed by atoms with E-state index in [0.717, 1.165) is 43.9 Å². The van der Waals surface area contributed by atoms with Crippen LogP contribution in [0.4, 0.5) is 5.82 Å². The molecular formula is C16H24N4O. The van der Waals surface area contributed by atoms with Gasteiger partial charge in [0.1, 0.15) is 5.65 Å². The third kappa shape index (κ3) is 2.89. The number of anilines is 1. The van der Waals surface area contributed by atoms with Crippen LogP contribution in [0, 0.1) is 0 Å². The molecule has 0 aliphatic carbocycles. The zero-order valence-corrected chi connectivity index (χ0v) is 12.8. The highest BCUT2D eigenvalue weighted by Gasteiger charge is 2.31. The van der Waals surface area contributed by atoms with Gasteiger partial charge in [-0.1, -0.05) is 13.0 Å². The Kier molecular flexibility index (Phi) is 3.87. The van der Waals surface area contributed by atoms with Crippen molar-refractivity contribution in [2.45, 2.75) is 38.8 Å². The maximum atomic E-state index is 10.4. The smallest absolute Gasteiger partial charge is 0.152 e. The molecule has 1 aliphatic heterocycles. The van der Waals surface area contributed by atoms with Gasteiger partial charge in [0.15, 0.2) is 5.82 Å². The van der Waals surface area contributed by atoms with Crippen molar-refractivity contribution in [3.05, 3.63) is 30.1 Å². The summed E-state index contributed by atoms with van der Waals surface area (Å²) in [5.41, 5.74) is 1.51. The largest absolute Gasteiger partial charge is 0.388 e. The molecule has 0 aromatic carbocycles. The fourth-order valence-electron chi connectivity index (χ4n) is 3.10. The van der Waals surface area contributed by atoms with Gasteiger partial charge in [0, 0.05) is 25.8 Å². The number of hydrogen-bond donors (Lipinski definition) is 2. The summed E-state index contributed by atoms with van der Waals surface area (Å²) < 4.78 is 2.14. The molecule has 114 valence electrons. The Morgan fingerprint density at radius 1 is 1.43 bits per heavy atom. The quantitative estimate of drug-likeness (QED) is 0.901. The predicted octanol–water partition coefficient (Wildman–Crippen LogP) is 1.79. The van der Waals surface area contributed by atoms with Crippen LogP contribution in [0.3, 0.4) is 0 Å². The maximum absolute atomic E-state index is 10.4. The van der Waals surface area contributed by atoms with E-state index in [1.807, 2.05) is 25.1 Å². The minimum atomic E-state index is -0.622. The first-order chi connectivity index (χ1) is 10.1. The lowest BCUT2D eigenvalue weighted by Gasteiger charge is -2.37. The van der Waals surface area contributed by atoms with Gasteiger partial charge in [0.2, 0.25) is 0 Å². The number of piperidine rings is 1. The molecule has 5 heteroatoms. The molecule has 21 heavy (non-hydrogen) atoms. The van der Waals surface area contributed by atoms with Crippen molar-refractivity contribution in [1.82, 2.24) is 14.7 Å². The SMILES string of the molecule is CCNCc1c(N2CCCC(C)(O)C2)nc2ccccn12. The van der Waals surface area contributed by atoms with E-state index in [1.54, 1.807) is 0 Å². The van der Waals surface area contributed by atoms with Crippen molar-refractivity contribution in [2.75, 3.05) is 24.5 Å². The maximum Gasteiger partial charge on any atom is 0.152 e. The van der Waals surface area contributed by atoms with E-state index in [4.69, 9.17) is 4.98 Å². The average Bonchev–Trinajstić information content (AvgIpc) is 2.83. The number of nitrogens with one attached hydrogen (secondary N) is 1. The Labute approximate surface area is 125 Å². The molecule has 0 saturated carbocycles. The minimum absolute atomic E-state index is 0.622. The summed E-state index contributed by atoms with van der Waals surface area (Å²) in [6.45, 7) is 7.34. The molecule has 0 amide bonds. The van der Waals surface area contributed by atoms with E-state index >= 15 is 0 Å². The van der Waals surface area contributed by atoms with Gasteiger partial charge < -0.3 is 19.7 Å². The van der Waals surface area contributed by atoms with E-state index in [-0.39, 0.29) is 0 Å². The second-order valence-electron chi connectivity index (χ2n) is 6.11. The summed E-state index contributed by atoms with van der Waals surface area (Å²) in [5, 5.41) is 13.7. The molecule has 1 unspecified atom stereocenters. The lowest BCUT2D eigenvalue weighted by Crippen LogP contribution is -2.46. The first-order valence-corrected chi connectivity index (χ1v) is 7.75. The Bertz CT molecular complexity index is 620. The summed E-state index contributed by atoms with van der Waals surface area (Å²) in [6.07, 6.45) is 3.92. The zero-order valence-electron chi connectivity index (χ0n) is 12.8. The number of rotatable bonds is 4. The molecule has 1 fully saturated rings. The van der Waals surface area contributed by atoms with Crippen LogP contribution in [-0.4, -0.2) is 39.7 Å². The third-order valence-electron chi connectivity index (χ3n) is 4.12. The molecule has 2 aromatic heterocycles. The summed E-state index contributed by atoms with van der Waals surface area (Å²) in [7, 11) is 0. The molecular weight excluding hydrogens is 264 g/mol. The molecule has 3 rings (SSSR count). The van der Waals surface area contributed by atoms with Gasteiger partial charge in [-0.25, -0.2) is 4.98 Å². The van der Waals surface area contributed by atoms with Gasteiger partial charge >= 0.3 is 0 Å². The number of imidazole rings is 1. The lowest BCUT2D eigenvalue weighted by atomic mass is 9.95. The van der Waals surface area contributed by atoms with Crippen LogP contribution in [0.5, 0.6) is 0 Å². The highest BCUT2D eigenvalue weighted by molar-refractivity contribution is 5.56. The Morgan fingerprint density at radius 3 is 3.05 bits per heavy atom. The second kappa shape index (κ2) is 5.66. The second-order valence-corrected chi connectivity index (χ2v) is 6.11. The van der Waals surface area contributed by atoms with Crippen molar-refractivity contribution in [2.24, 2.45) is 0 Å². The van der Waals surface area contributed by atoms with Crippen molar-refractivity contribution in [1.29, 1.82) is 0 Å². The monoisotopic (exact) mass is 288 g/mol. The Hall–Kier alpha value is -1.59.